The molecule has 0 aliphatic rings. The molecule has 9 heteroatoms. The summed E-state index contributed by atoms with van der Waals surface area (Å²) in [6.07, 6.45) is 0. The van der Waals surface area contributed by atoms with Crippen LogP contribution in [0.4, 0.5) is 0 Å². The van der Waals surface area contributed by atoms with Crippen molar-refractivity contribution in [2.75, 3.05) is 42.7 Å². The van der Waals surface area contributed by atoms with E-state index >= 15 is 0 Å². The summed E-state index contributed by atoms with van der Waals surface area (Å²) in [5.41, 5.74) is 3.59. The second-order valence-electron chi connectivity index (χ2n) is 14.8. The molecular formula is C57H48O9. The predicted octanol–water partition coefficient (Wildman–Crippen LogP) is 12.3. The van der Waals surface area contributed by atoms with E-state index in [1.165, 1.54) is 0 Å². The van der Waals surface area contributed by atoms with Crippen LogP contribution in [0.3, 0.4) is 0 Å². The van der Waals surface area contributed by atoms with Gasteiger partial charge in [-0.1, -0.05) is 127 Å². The van der Waals surface area contributed by atoms with Crippen LogP contribution in [0.2, 0.25) is 0 Å². The Morgan fingerprint density at radius 2 is 0.530 bits per heavy atom. The van der Waals surface area contributed by atoms with Gasteiger partial charge >= 0.3 is 0 Å². The Morgan fingerprint density at radius 1 is 0.288 bits per heavy atom. The minimum absolute atomic E-state index is 0.0590. The van der Waals surface area contributed by atoms with E-state index in [9.17, 15) is 14.4 Å². The second-order valence-corrected chi connectivity index (χ2v) is 14.8. The molecule has 0 atom stereocenters. The van der Waals surface area contributed by atoms with Crippen molar-refractivity contribution in [3.05, 3.63) is 215 Å². The summed E-state index contributed by atoms with van der Waals surface area (Å²) >= 11 is 0. The van der Waals surface area contributed by atoms with Crippen molar-refractivity contribution in [1.82, 2.24) is 0 Å². The van der Waals surface area contributed by atoms with Crippen LogP contribution in [0.5, 0.6) is 34.5 Å². The predicted molar refractivity (Wildman–Crippen MR) is 261 cm³/mol. The molecule has 0 heterocycles. The Kier molecular flexibility index (Phi) is 14.7. The summed E-state index contributed by atoms with van der Waals surface area (Å²) in [4.78, 5) is 38.8. The maximum Gasteiger partial charge on any atom is 0.197 e. The maximum absolute atomic E-state index is 12.9. The molecule has 0 unspecified atom stereocenters. The highest BCUT2D eigenvalue weighted by atomic mass is 16.5. The van der Waals surface area contributed by atoms with Gasteiger partial charge in [0.1, 0.15) is 34.5 Å². The Labute approximate surface area is 383 Å². The third kappa shape index (κ3) is 9.86. The van der Waals surface area contributed by atoms with E-state index < -0.39 is 0 Å². The van der Waals surface area contributed by atoms with E-state index in [1.807, 2.05) is 146 Å². The highest BCUT2D eigenvalue weighted by Gasteiger charge is 2.21. The average molecular weight is 877 g/mol. The Hall–Kier alpha value is -8.43. The van der Waals surface area contributed by atoms with Crippen LogP contribution in [-0.2, 0) is 0 Å². The zero-order chi connectivity index (χ0) is 46.6. The molecule has 9 aromatic carbocycles. The molecule has 0 aliphatic heterocycles. The van der Waals surface area contributed by atoms with Crippen molar-refractivity contribution < 1.29 is 42.8 Å². The van der Waals surface area contributed by atoms with Crippen LogP contribution < -0.4 is 28.4 Å². The van der Waals surface area contributed by atoms with Crippen LogP contribution >= 0.6 is 0 Å². The zero-order valence-corrected chi connectivity index (χ0v) is 37.5. The molecule has 9 nitrogen and oxygen atoms in total. The molecule has 0 amide bonds. The number of ketones is 3. The smallest absolute Gasteiger partial charge is 0.197 e. The van der Waals surface area contributed by atoms with E-state index in [-0.39, 0.29) is 17.3 Å². The Morgan fingerprint density at radius 3 is 0.758 bits per heavy atom. The van der Waals surface area contributed by atoms with Crippen molar-refractivity contribution in [3.63, 3.8) is 0 Å². The average Bonchev–Trinajstić information content (AvgIpc) is 3.39. The topological polar surface area (TPSA) is 107 Å². The number of benzene rings is 9. The lowest BCUT2D eigenvalue weighted by molar-refractivity contribution is 0.102. The van der Waals surface area contributed by atoms with E-state index in [0.717, 1.165) is 32.3 Å². The van der Waals surface area contributed by atoms with Gasteiger partial charge in [0.05, 0.1) is 59.3 Å². The van der Waals surface area contributed by atoms with Crippen LogP contribution in [-0.4, -0.2) is 60.0 Å². The molecule has 0 aliphatic carbocycles. The SMILES string of the molecule is COc1ccc2ccc(OC)c(C(=O)c3ccccc3)c2c1.COc1ccc2ccc(OC)c(C(=O)c3ccccc3)c2c1.COc1ccc2ccc(OC)c(C(=O)c3ccccc3)c2c1. The number of ether oxygens (including phenoxy) is 6. The number of rotatable bonds is 12. The molecule has 9 rings (SSSR count). The molecule has 66 heavy (non-hydrogen) atoms. The fourth-order valence-electron chi connectivity index (χ4n) is 7.63. The van der Waals surface area contributed by atoms with Gasteiger partial charge in [0, 0.05) is 32.8 Å². The van der Waals surface area contributed by atoms with E-state index in [4.69, 9.17) is 28.4 Å². The standard InChI is InChI=1S/3C19H16O3/c3*1-21-15-10-8-13-9-11-17(22-2)18(16(13)12-15)19(20)14-6-4-3-5-7-14/h3*3-12H,1-2H3. The number of methoxy groups -OCH3 is 6. The van der Waals surface area contributed by atoms with Gasteiger partial charge in [-0.2, -0.15) is 0 Å². The monoisotopic (exact) mass is 876 g/mol. The van der Waals surface area contributed by atoms with Crippen LogP contribution in [0.1, 0.15) is 47.8 Å². The molecule has 0 aromatic heterocycles. The molecule has 0 radical (unpaired) electrons. The maximum atomic E-state index is 12.9. The highest BCUT2D eigenvalue weighted by molar-refractivity contribution is 6.20. The van der Waals surface area contributed by atoms with Gasteiger partial charge in [-0.15, -0.1) is 0 Å². The fraction of sp³-hybridized carbons (Fsp3) is 0.105. The minimum Gasteiger partial charge on any atom is -0.497 e. The number of carbonyl (C=O) groups excluding carboxylic acids is 3. The number of fused-ring (bicyclic) bond motifs is 3. The van der Waals surface area contributed by atoms with Crippen molar-refractivity contribution in [2.24, 2.45) is 0 Å². The molecule has 0 fully saturated rings. The van der Waals surface area contributed by atoms with Crippen molar-refractivity contribution >= 4 is 49.7 Å². The van der Waals surface area contributed by atoms with Crippen molar-refractivity contribution in [3.8, 4) is 34.5 Å². The summed E-state index contributed by atoms with van der Waals surface area (Å²) in [6.45, 7) is 0. The van der Waals surface area contributed by atoms with Gasteiger partial charge in [0.25, 0.3) is 0 Å². The van der Waals surface area contributed by atoms with Gasteiger partial charge in [0.15, 0.2) is 17.3 Å². The first-order valence-electron chi connectivity index (χ1n) is 21.0. The van der Waals surface area contributed by atoms with E-state index in [0.29, 0.717) is 67.9 Å². The molecule has 0 saturated heterocycles. The molecular weight excluding hydrogens is 829 g/mol. The number of hydrogen-bond donors (Lipinski definition) is 0. The molecule has 9 aromatic rings. The lowest BCUT2D eigenvalue weighted by atomic mass is 9.96. The summed E-state index contributed by atoms with van der Waals surface area (Å²) in [7, 11) is 9.55. The lowest BCUT2D eigenvalue weighted by Crippen LogP contribution is -2.05. The summed E-state index contributed by atoms with van der Waals surface area (Å²) < 4.78 is 32.1. The lowest BCUT2D eigenvalue weighted by Gasteiger charge is -2.12. The number of carbonyl (C=O) groups is 3. The van der Waals surface area contributed by atoms with Gasteiger partial charge in [-0.3, -0.25) is 14.4 Å². The third-order valence-electron chi connectivity index (χ3n) is 11.0. The Balaban J connectivity index is 0.000000147. The first kappa shape index (κ1) is 45.6. The van der Waals surface area contributed by atoms with Crippen LogP contribution in [0.25, 0.3) is 32.3 Å². The third-order valence-corrected chi connectivity index (χ3v) is 11.0. The summed E-state index contributed by atoms with van der Waals surface area (Å²) in [5.74, 6) is 3.65. The molecule has 0 bridgehead atoms. The Bertz CT molecular complexity index is 2790. The summed E-state index contributed by atoms with van der Waals surface area (Å²) in [5, 5.41) is 5.40. The van der Waals surface area contributed by atoms with E-state index in [2.05, 4.69) is 0 Å². The van der Waals surface area contributed by atoms with Crippen LogP contribution in [0, 0.1) is 0 Å². The van der Waals surface area contributed by atoms with Gasteiger partial charge < -0.3 is 28.4 Å². The highest BCUT2D eigenvalue weighted by Crippen LogP contribution is 2.35. The van der Waals surface area contributed by atoms with E-state index in [1.54, 1.807) is 79.1 Å². The largest absolute Gasteiger partial charge is 0.497 e. The first-order valence-corrected chi connectivity index (χ1v) is 21.0. The molecule has 0 saturated carbocycles. The molecule has 330 valence electrons. The van der Waals surface area contributed by atoms with Crippen LogP contribution in [0.15, 0.2) is 182 Å². The van der Waals surface area contributed by atoms with Crippen molar-refractivity contribution in [1.29, 1.82) is 0 Å². The minimum atomic E-state index is -0.0590. The number of hydrogen-bond acceptors (Lipinski definition) is 9. The normalized spacial score (nSPS) is 10.5. The van der Waals surface area contributed by atoms with Gasteiger partial charge in [-0.25, -0.2) is 0 Å². The fourth-order valence-corrected chi connectivity index (χ4v) is 7.63. The van der Waals surface area contributed by atoms with Gasteiger partial charge in [-0.05, 0) is 70.8 Å². The first-order chi connectivity index (χ1) is 32.2. The molecule has 0 spiro atoms. The quantitative estimate of drug-likeness (QED) is 0.111. The second kappa shape index (κ2) is 21.3. The zero-order valence-electron chi connectivity index (χ0n) is 37.5. The molecule has 0 N–H and O–H groups in total. The van der Waals surface area contributed by atoms with Crippen molar-refractivity contribution in [2.45, 2.75) is 0 Å². The summed E-state index contributed by atoms with van der Waals surface area (Å²) in [6, 6.07) is 56.0. The van der Waals surface area contributed by atoms with Gasteiger partial charge in [0.2, 0.25) is 0 Å².